The van der Waals surface area contributed by atoms with Gasteiger partial charge in [-0.3, -0.25) is 0 Å². The Bertz CT molecular complexity index is 316. The van der Waals surface area contributed by atoms with Crippen LogP contribution in [0.25, 0.3) is 0 Å². The minimum atomic E-state index is -0.426. The summed E-state index contributed by atoms with van der Waals surface area (Å²) < 4.78 is 5.17. The Morgan fingerprint density at radius 2 is 1.63 bits per heavy atom. The molecule has 4 heteroatoms. The quantitative estimate of drug-likeness (QED) is 0.755. The predicted octanol–water partition coefficient (Wildman–Crippen LogP) is 2.93. The van der Waals surface area contributed by atoms with E-state index in [4.69, 9.17) is 4.74 Å². The highest BCUT2D eigenvalue weighted by molar-refractivity contribution is 5.67. The Balaban J connectivity index is 2.09. The van der Waals surface area contributed by atoms with Crippen molar-refractivity contribution < 1.29 is 9.53 Å². The van der Waals surface area contributed by atoms with Crippen LogP contribution in [0.3, 0.4) is 0 Å². The zero-order chi connectivity index (χ0) is 14.9. The number of rotatable bonds is 5. The Hall–Kier alpha value is -0.770. The van der Waals surface area contributed by atoms with Crippen molar-refractivity contribution in [1.29, 1.82) is 0 Å². The van der Waals surface area contributed by atoms with Gasteiger partial charge in [0.1, 0.15) is 5.60 Å². The van der Waals surface area contributed by atoms with E-state index < -0.39 is 5.60 Å². The summed E-state index contributed by atoms with van der Waals surface area (Å²) in [5.74, 6) is 0. The molecule has 0 unspecified atom stereocenters. The lowest BCUT2D eigenvalue weighted by molar-refractivity contribution is 0.0527. The van der Waals surface area contributed by atoms with E-state index in [0.29, 0.717) is 23.4 Å². The van der Waals surface area contributed by atoms with Gasteiger partial charge < -0.3 is 15.4 Å². The number of carbonyl (C=O) groups is 1. The number of amides is 1. The zero-order valence-corrected chi connectivity index (χ0v) is 13.5. The Morgan fingerprint density at radius 3 is 2.05 bits per heavy atom. The number of hydrogen-bond acceptors (Lipinski definition) is 3. The van der Waals surface area contributed by atoms with E-state index in [0.717, 1.165) is 13.0 Å². The molecule has 19 heavy (non-hydrogen) atoms. The number of alkyl carbamates (subject to hydrolysis) is 1. The van der Waals surface area contributed by atoms with Crippen molar-refractivity contribution in [3.05, 3.63) is 0 Å². The van der Waals surface area contributed by atoms with E-state index in [-0.39, 0.29) is 6.09 Å². The number of ether oxygens (including phenoxy) is 1. The summed E-state index contributed by atoms with van der Waals surface area (Å²) in [6.07, 6.45) is 0.585. The Morgan fingerprint density at radius 1 is 1.11 bits per heavy atom. The summed E-state index contributed by atoms with van der Waals surface area (Å²) >= 11 is 0. The van der Waals surface area contributed by atoms with Crippen LogP contribution in [0.15, 0.2) is 0 Å². The van der Waals surface area contributed by atoms with Gasteiger partial charge in [-0.2, -0.15) is 0 Å². The highest BCUT2D eigenvalue weighted by atomic mass is 16.6. The molecule has 1 aliphatic carbocycles. The third kappa shape index (κ3) is 4.10. The largest absolute Gasteiger partial charge is 0.444 e. The molecule has 0 aromatic heterocycles. The normalized spacial score (nSPS) is 21.0. The van der Waals surface area contributed by atoms with Gasteiger partial charge in [-0.15, -0.1) is 0 Å². The first-order valence-electron chi connectivity index (χ1n) is 7.19. The van der Waals surface area contributed by atoms with Crippen LogP contribution in [0, 0.1) is 10.8 Å². The molecular formula is C15H30N2O2. The summed E-state index contributed by atoms with van der Waals surface area (Å²) in [6.45, 7) is 16.4. The highest BCUT2D eigenvalue weighted by Gasteiger charge is 2.64. The molecule has 0 heterocycles. The maximum absolute atomic E-state index is 11.4. The van der Waals surface area contributed by atoms with Crippen molar-refractivity contribution in [2.75, 3.05) is 13.1 Å². The molecular weight excluding hydrogens is 240 g/mol. The van der Waals surface area contributed by atoms with Crippen LogP contribution in [0.1, 0.15) is 54.9 Å². The van der Waals surface area contributed by atoms with Gasteiger partial charge in [0.15, 0.2) is 0 Å². The molecule has 4 nitrogen and oxygen atoms in total. The molecule has 0 bridgehead atoms. The number of nitrogens with one attached hydrogen (secondary N) is 2. The summed E-state index contributed by atoms with van der Waals surface area (Å²) in [6, 6.07) is 0.571. The van der Waals surface area contributed by atoms with Crippen molar-refractivity contribution >= 4 is 6.09 Å². The summed E-state index contributed by atoms with van der Waals surface area (Å²) in [5.41, 5.74) is 0.307. The van der Waals surface area contributed by atoms with Crippen LogP contribution in [-0.4, -0.2) is 30.8 Å². The summed E-state index contributed by atoms with van der Waals surface area (Å²) in [4.78, 5) is 11.4. The van der Waals surface area contributed by atoms with E-state index in [1.807, 2.05) is 20.8 Å². The van der Waals surface area contributed by atoms with E-state index in [1.54, 1.807) is 0 Å². The fourth-order valence-electron chi connectivity index (χ4n) is 2.55. The number of hydrogen-bond donors (Lipinski definition) is 2. The van der Waals surface area contributed by atoms with E-state index in [2.05, 4.69) is 38.3 Å². The van der Waals surface area contributed by atoms with Crippen molar-refractivity contribution in [1.82, 2.24) is 10.6 Å². The van der Waals surface area contributed by atoms with E-state index in [1.165, 1.54) is 0 Å². The summed E-state index contributed by atoms with van der Waals surface area (Å²) in [7, 11) is 0. The first kappa shape index (κ1) is 16.3. The number of carbonyl (C=O) groups excluding carboxylic acids is 1. The van der Waals surface area contributed by atoms with Crippen LogP contribution in [0.5, 0.6) is 0 Å². The molecule has 1 amide bonds. The van der Waals surface area contributed by atoms with Gasteiger partial charge in [0, 0.05) is 12.6 Å². The molecule has 0 aromatic rings. The maximum atomic E-state index is 11.4. The maximum Gasteiger partial charge on any atom is 0.407 e. The standard InChI is InChI=1S/C15H30N2O2/c1-13(2,3)19-12(18)17-10-8-9-16-11-14(4,5)15(11,6)7/h11,16H,8-10H2,1-7H3,(H,17,18). The van der Waals surface area contributed by atoms with Crippen molar-refractivity contribution in [3.63, 3.8) is 0 Å². The van der Waals surface area contributed by atoms with Gasteiger partial charge in [0.2, 0.25) is 0 Å². The van der Waals surface area contributed by atoms with Gasteiger partial charge >= 0.3 is 6.09 Å². The minimum absolute atomic E-state index is 0.334. The average Bonchev–Trinajstić information content (AvgIpc) is 2.56. The Kier molecular flexibility index (Phi) is 4.55. The topological polar surface area (TPSA) is 50.4 Å². The fraction of sp³-hybridized carbons (Fsp3) is 0.933. The molecule has 1 fully saturated rings. The average molecular weight is 270 g/mol. The third-order valence-electron chi connectivity index (χ3n) is 4.39. The lowest BCUT2D eigenvalue weighted by atomic mass is 10.0. The van der Waals surface area contributed by atoms with Gasteiger partial charge in [-0.1, -0.05) is 27.7 Å². The van der Waals surface area contributed by atoms with Gasteiger partial charge in [-0.05, 0) is 44.6 Å². The van der Waals surface area contributed by atoms with Crippen molar-refractivity contribution in [2.24, 2.45) is 10.8 Å². The second kappa shape index (κ2) is 5.31. The first-order valence-corrected chi connectivity index (χ1v) is 7.19. The van der Waals surface area contributed by atoms with Crippen LogP contribution in [0.4, 0.5) is 4.79 Å². The molecule has 2 N–H and O–H groups in total. The van der Waals surface area contributed by atoms with Crippen LogP contribution in [-0.2, 0) is 4.74 Å². The monoisotopic (exact) mass is 270 g/mol. The summed E-state index contributed by atoms with van der Waals surface area (Å²) in [5, 5.41) is 6.34. The molecule has 0 aromatic carbocycles. The molecule has 0 aliphatic heterocycles. The van der Waals surface area contributed by atoms with Gasteiger partial charge in [0.05, 0.1) is 0 Å². The smallest absolute Gasteiger partial charge is 0.407 e. The van der Waals surface area contributed by atoms with E-state index >= 15 is 0 Å². The first-order chi connectivity index (χ1) is 8.48. The second-order valence-electron chi connectivity index (χ2n) is 7.61. The lowest BCUT2D eigenvalue weighted by Gasteiger charge is -2.19. The molecule has 0 saturated heterocycles. The zero-order valence-electron chi connectivity index (χ0n) is 13.5. The molecule has 1 aliphatic rings. The van der Waals surface area contributed by atoms with Crippen LogP contribution >= 0.6 is 0 Å². The van der Waals surface area contributed by atoms with Crippen molar-refractivity contribution in [2.45, 2.75) is 66.5 Å². The molecule has 0 radical (unpaired) electrons. The van der Waals surface area contributed by atoms with Crippen LogP contribution < -0.4 is 10.6 Å². The van der Waals surface area contributed by atoms with Crippen molar-refractivity contribution in [3.8, 4) is 0 Å². The fourth-order valence-corrected chi connectivity index (χ4v) is 2.55. The SMILES string of the molecule is CC(C)(C)OC(=O)NCCCNC1C(C)(C)C1(C)C. The molecule has 1 rings (SSSR count). The predicted molar refractivity (Wildman–Crippen MR) is 78.2 cm³/mol. The third-order valence-corrected chi connectivity index (χ3v) is 4.39. The van der Waals surface area contributed by atoms with Gasteiger partial charge in [0.25, 0.3) is 0 Å². The lowest BCUT2D eigenvalue weighted by Crippen LogP contribution is -2.34. The minimum Gasteiger partial charge on any atom is -0.444 e. The molecule has 112 valence electrons. The molecule has 0 spiro atoms. The molecule has 1 saturated carbocycles. The van der Waals surface area contributed by atoms with Gasteiger partial charge in [-0.25, -0.2) is 4.79 Å². The second-order valence-corrected chi connectivity index (χ2v) is 7.61. The van der Waals surface area contributed by atoms with E-state index in [9.17, 15) is 4.79 Å². The van der Waals surface area contributed by atoms with Crippen LogP contribution in [0.2, 0.25) is 0 Å². The molecule has 0 atom stereocenters. The Labute approximate surface area is 117 Å². The highest BCUT2D eigenvalue weighted by Crippen LogP contribution is 2.62.